The van der Waals surface area contributed by atoms with Gasteiger partial charge in [-0.1, -0.05) is 12.1 Å². The highest BCUT2D eigenvalue weighted by Gasteiger charge is 2.47. The van der Waals surface area contributed by atoms with Gasteiger partial charge in [-0.05, 0) is 12.1 Å². The number of hydroxylamine groups is 2. The number of hydrogen-bond donors (Lipinski definition) is 0. The Balaban J connectivity index is 1.82. The van der Waals surface area contributed by atoms with Crippen LogP contribution >= 0.6 is 0 Å². The highest BCUT2D eigenvalue weighted by Crippen LogP contribution is 2.30. The Hall–Kier alpha value is -3.31. The molecule has 1 saturated heterocycles. The number of nitrogens with zero attached hydrogens (tertiary/aromatic N) is 1. The number of fused-ring (bicyclic) bond motifs is 1. The van der Waals surface area contributed by atoms with E-state index in [1.54, 1.807) is 12.1 Å². The third kappa shape index (κ3) is 5.06. The first-order chi connectivity index (χ1) is 14.7. The normalized spacial score (nSPS) is 25.1. The lowest BCUT2D eigenvalue weighted by Gasteiger charge is -2.39. The summed E-state index contributed by atoms with van der Waals surface area (Å²) in [5.41, 5.74) is 0.309. The maximum absolute atomic E-state index is 12.6. The zero-order chi connectivity index (χ0) is 22.7. The van der Waals surface area contributed by atoms with Crippen molar-refractivity contribution in [2.45, 2.75) is 51.8 Å². The van der Waals surface area contributed by atoms with Crippen LogP contribution in [-0.2, 0) is 38.2 Å². The molecule has 2 heterocycles. The van der Waals surface area contributed by atoms with Gasteiger partial charge in [0.15, 0.2) is 6.10 Å². The van der Waals surface area contributed by atoms with Crippen LogP contribution in [-0.4, -0.2) is 66.0 Å². The molecule has 2 aliphatic heterocycles. The summed E-state index contributed by atoms with van der Waals surface area (Å²) >= 11 is 0. The topological polar surface area (TPSA) is 135 Å². The number of benzene rings is 1. The van der Waals surface area contributed by atoms with E-state index < -0.39 is 54.3 Å². The Kier molecular flexibility index (Phi) is 6.66. The molecule has 1 fully saturated rings. The Morgan fingerprint density at radius 1 is 0.935 bits per heavy atom. The third-order valence-electron chi connectivity index (χ3n) is 4.54. The predicted molar refractivity (Wildman–Crippen MR) is 99.0 cm³/mol. The van der Waals surface area contributed by atoms with Gasteiger partial charge in [0.1, 0.15) is 18.8 Å². The maximum atomic E-state index is 12.6. The van der Waals surface area contributed by atoms with Crippen molar-refractivity contribution in [2.75, 3.05) is 6.61 Å². The number of amides is 2. The first kappa shape index (κ1) is 22.4. The van der Waals surface area contributed by atoms with Crippen molar-refractivity contribution in [1.82, 2.24) is 5.06 Å². The van der Waals surface area contributed by atoms with Crippen LogP contribution in [0.15, 0.2) is 24.3 Å². The summed E-state index contributed by atoms with van der Waals surface area (Å²) in [6.45, 7) is 3.25. The van der Waals surface area contributed by atoms with Gasteiger partial charge in [-0.15, -0.1) is 5.06 Å². The van der Waals surface area contributed by atoms with Crippen LogP contribution in [0.2, 0.25) is 0 Å². The van der Waals surface area contributed by atoms with E-state index in [-0.39, 0.29) is 24.2 Å². The van der Waals surface area contributed by atoms with E-state index in [2.05, 4.69) is 0 Å². The predicted octanol–water partition coefficient (Wildman–Crippen LogP) is 0.756. The van der Waals surface area contributed by atoms with Gasteiger partial charge in [0, 0.05) is 27.2 Å². The molecule has 11 nitrogen and oxygen atoms in total. The number of ether oxygens (including phenoxy) is 4. The molecule has 0 saturated carbocycles. The van der Waals surface area contributed by atoms with E-state index in [4.69, 9.17) is 23.8 Å². The van der Waals surface area contributed by atoms with Crippen molar-refractivity contribution in [3.8, 4) is 0 Å². The Bertz CT molecular complexity index is 878. The SMILES string of the molecule is CC(=O)OCC1O[C@@H](ON2C(=O)c3ccccc3C2=O)C(OC(C)=O)C[C@@H]1OC(C)=O. The van der Waals surface area contributed by atoms with Crippen molar-refractivity contribution in [1.29, 1.82) is 0 Å². The molecule has 166 valence electrons. The lowest BCUT2D eigenvalue weighted by atomic mass is 10.0. The molecule has 0 radical (unpaired) electrons. The zero-order valence-corrected chi connectivity index (χ0v) is 17.1. The van der Waals surface area contributed by atoms with Crippen molar-refractivity contribution >= 4 is 29.7 Å². The first-order valence-corrected chi connectivity index (χ1v) is 9.45. The number of carbonyl (C=O) groups excluding carboxylic acids is 5. The largest absolute Gasteiger partial charge is 0.463 e. The molecule has 0 N–H and O–H groups in total. The summed E-state index contributed by atoms with van der Waals surface area (Å²) < 4.78 is 21.1. The fraction of sp³-hybridized carbons (Fsp3) is 0.450. The number of hydrogen-bond acceptors (Lipinski definition) is 10. The molecule has 4 atom stereocenters. The van der Waals surface area contributed by atoms with Crippen molar-refractivity contribution in [2.24, 2.45) is 0 Å². The van der Waals surface area contributed by atoms with Gasteiger partial charge in [0.25, 0.3) is 11.8 Å². The van der Waals surface area contributed by atoms with Crippen LogP contribution in [0.5, 0.6) is 0 Å². The summed E-state index contributed by atoms with van der Waals surface area (Å²) in [6, 6.07) is 6.16. The molecular weight excluding hydrogens is 414 g/mol. The van der Waals surface area contributed by atoms with Gasteiger partial charge in [-0.3, -0.25) is 24.0 Å². The Morgan fingerprint density at radius 2 is 1.48 bits per heavy atom. The summed E-state index contributed by atoms with van der Waals surface area (Å²) in [4.78, 5) is 65.0. The highest BCUT2D eigenvalue weighted by atomic mass is 16.8. The Morgan fingerprint density at radius 3 is 2.00 bits per heavy atom. The van der Waals surface area contributed by atoms with Crippen LogP contribution in [0.25, 0.3) is 0 Å². The van der Waals surface area contributed by atoms with E-state index >= 15 is 0 Å². The molecule has 0 spiro atoms. The number of carbonyl (C=O) groups is 5. The minimum absolute atomic E-state index is 0.0705. The highest BCUT2D eigenvalue weighted by molar-refractivity contribution is 6.20. The molecule has 1 aromatic carbocycles. The summed E-state index contributed by atoms with van der Waals surface area (Å²) in [5, 5.41) is 0.529. The van der Waals surface area contributed by atoms with Crippen molar-refractivity contribution in [3.63, 3.8) is 0 Å². The lowest BCUT2D eigenvalue weighted by Crippen LogP contribution is -2.54. The van der Waals surface area contributed by atoms with Gasteiger partial charge < -0.3 is 18.9 Å². The second-order valence-corrected chi connectivity index (χ2v) is 6.93. The monoisotopic (exact) mass is 435 g/mol. The lowest BCUT2D eigenvalue weighted by molar-refractivity contribution is -0.319. The maximum Gasteiger partial charge on any atom is 0.303 e. The molecule has 31 heavy (non-hydrogen) atoms. The summed E-state index contributed by atoms with van der Waals surface area (Å²) in [6.07, 6.45) is -4.50. The molecule has 2 amide bonds. The number of esters is 3. The summed E-state index contributed by atoms with van der Waals surface area (Å²) in [7, 11) is 0. The van der Waals surface area contributed by atoms with Crippen molar-refractivity contribution < 1.29 is 47.8 Å². The van der Waals surface area contributed by atoms with E-state index in [0.717, 1.165) is 6.92 Å². The number of rotatable bonds is 6. The van der Waals surface area contributed by atoms with Gasteiger partial charge in [0.2, 0.25) is 6.29 Å². The van der Waals surface area contributed by atoms with E-state index in [0.29, 0.717) is 5.06 Å². The van der Waals surface area contributed by atoms with Gasteiger partial charge in [-0.2, -0.15) is 0 Å². The average molecular weight is 435 g/mol. The van der Waals surface area contributed by atoms with Gasteiger partial charge >= 0.3 is 17.9 Å². The summed E-state index contributed by atoms with van der Waals surface area (Å²) in [5.74, 6) is -3.30. The standard InChI is InChI=1S/C20H21NO10/c1-10(22)27-9-17-15(28-11(2)23)8-16(29-12(3)24)20(30-17)31-21-18(25)13-6-4-5-7-14(13)19(21)26/h4-7,15-17,20H,8-9H2,1-3H3/t15-,16?,17?,20-/m0/s1. The fourth-order valence-corrected chi connectivity index (χ4v) is 3.30. The van der Waals surface area contributed by atoms with E-state index in [1.807, 2.05) is 0 Å². The quantitative estimate of drug-likeness (QED) is 0.358. The zero-order valence-electron chi connectivity index (χ0n) is 17.1. The molecular formula is C20H21NO10. The molecule has 0 aliphatic carbocycles. The molecule has 2 aliphatic rings. The third-order valence-corrected chi connectivity index (χ3v) is 4.54. The minimum atomic E-state index is -1.40. The smallest absolute Gasteiger partial charge is 0.303 e. The second kappa shape index (κ2) is 9.23. The average Bonchev–Trinajstić information content (AvgIpc) is 2.93. The van der Waals surface area contributed by atoms with Crippen LogP contribution < -0.4 is 0 Å². The molecule has 0 aromatic heterocycles. The van der Waals surface area contributed by atoms with Crippen LogP contribution in [0.4, 0.5) is 0 Å². The second-order valence-electron chi connectivity index (χ2n) is 6.93. The van der Waals surface area contributed by atoms with Gasteiger partial charge in [0.05, 0.1) is 11.1 Å². The van der Waals surface area contributed by atoms with Crippen LogP contribution in [0.3, 0.4) is 0 Å². The van der Waals surface area contributed by atoms with E-state index in [9.17, 15) is 24.0 Å². The Labute approximate surface area is 177 Å². The fourth-order valence-electron chi connectivity index (χ4n) is 3.30. The number of imide groups is 1. The van der Waals surface area contributed by atoms with Crippen LogP contribution in [0, 0.1) is 0 Å². The van der Waals surface area contributed by atoms with Crippen molar-refractivity contribution in [3.05, 3.63) is 35.4 Å². The molecule has 2 unspecified atom stereocenters. The van der Waals surface area contributed by atoms with E-state index in [1.165, 1.54) is 26.0 Å². The minimum Gasteiger partial charge on any atom is -0.463 e. The molecule has 1 aromatic rings. The molecule has 0 bridgehead atoms. The van der Waals surface area contributed by atoms with Crippen LogP contribution in [0.1, 0.15) is 47.9 Å². The first-order valence-electron chi connectivity index (χ1n) is 9.45. The van der Waals surface area contributed by atoms with Gasteiger partial charge in [-0.25, -0.2) is 4.84 Å². The molecule has 11 heteroatoms. The molecule has 3 rings (SSSR count).